The second-order valence-electron chi connectivity index (χ2n) is 4.24. The van der Waals surface area contributed by atoms with Gasteiger partial charge in [0.05, 0.1) is 7.11 Å². The zero-order chi connectivity index (χ0) is 11.8. The summed E-state index contributed by atoms with van der Waals surface area (Å²) in [6, 6.07) is 5.76. The highest BCUT2D eigenvalue weighted by atomic mass is 16.5. The lowest BCUT2D eigenvalue weighted by Crippen LogP contribution is -2.52. The van der Waals surface area contributed by atoms with E-state index in [9.17, 15) is 4.79 Å². The van der Waals surface area contributed by atoms with Crippen LogP contribution in [0.3, 0.4) is 0 Å². The van der Waals surface area contributed by atoms with Crippen LogP contribution in [0, 0.1) is 0 Å². The molecule has 1 aliphatic rings. The largest absolute Gasteiger partial charge is 0.496 e. The molecule has 1 atom stereocenters. The number of rotatable bonds is 2. The van der Waals surface area contributed by atoms with Gasteiger partial charge in [-0.3, -0.25) is 4.79 Å². The minimum absolute atomic E-state index is 0.335. The third-order valence-electron chi connectivity index (χ3n) is 3.21. The van der Waals surface area contributed by atoms with Crippen molar-refractivity contribution in [3.8, 4) is 5.75 Å². The Bertz CT molecular complexity index is 416. The molecule has 0 bridgehead atoms. The molecule has 0 saturated carbocycles. The van der Waals surface area contributed by atoms with Crippen LogP contribution < -0.4 is 10.5 Å². The number of benzene rings is 1. The number of hydrogen-bond acceptors (Lipinski definition) is 3. The van der Waals surface area contributed by atoms with Gasteiger partial charge >= 0.3 is 5.97 Å². The molecule has 0 amide bonds. The number of carboxylic acids is 1. The molecule has 1 aliphatic carbocycles. The van der Waals surface area contributed by atoms with E-state index in [4.69, 9.17) is 15.6 Å². The molecule has 3 N–H and O–H groups in total. The van der Waals surface area contributed by atoms with E-state index >= 15 is 0 Å². The van der Waals surface area contributed by atoms with Crippen molar-refractivity contribution >= 4 is 5.97 Å². The molecule has 1 aromatic rings. The number of aliphatic carboxylic acids is 1. The van der Waals surface area contributed by atoms with Crippen LogP contribution in [0.15, 0.2) is 18.2 Å². The van der Waals surface area contributed by atoms with Gasteiger partial charge in [0.25, 0.3) is 0 Å². The van der Waals surface area contributed by atoms with Crippen molar-refractivity contribution in [3.63, 3.8) is 0 Å². The second kappa shape index (κ2) is 3.79. The molecule has 1 aromatic carbocycles. The lowest BCUT2D eigenvalue weighted by Gasteiger charge is -2.31. The number of hydrogen-bond donors (Lipinski definition) is 2. The van der Waals surface area contributed by atoms with E-state index in [0.29, 0.717) is 19.3 Å². The minimum atomic E-state index is -1.15. The summed E-state index contributed by atoms with van der Waals surface area (Å²) in [4.78, 5) is 11.1. The molecule has 86 valence electrons. The summed E-state index contributed by atoms with van der Waals surface area (Å²) in [7, 11) is 1.59. The van der Waals surface area contributed by atoms with Crippen molar-refractivity contribution in [2.24, 2.45) is 5.73 Å². The predicted molar refractivity (Wildman–Crippen MR) is 59.6 cm³/mol. The fourth-order valence-electron chi connectivity index (χ4n) is 2.18. The van der Waals surface area contributed by atoms with Crippen LogP contribution in [-0.4, -0.2) is 23.7 Å². The number of nitrogens with two attached hydrogens (primary N) is 1. The lowest BCUT2D eigenvalue weighted by molar-refractivity contribution is -0.143. The molecule has 2 rings (SSSR count). The quantitative estimate of drug-likeness (QED) is 0.780. The summed E-state index contributed by atoms with van der Waals surface area (Å²) in [5, 5.41) is 9.12. The topological polar surface area (TPSA) is 72.5 Å². The highest BCUT2D eigenvalue weighted by Crippen LogP contribution is 2.33. The van der Waals surface area contributed by atoms with Gasteiger partial charge < -0.3 is 15.6 Å². The van der Waals surface area contributed by atoms with Crippen molar-refractivity contribution < 1.29 is 14.6 Å². The van der Waals surface area contributed by atoms with Crippen molar-refractivity contribution in [3.05, 3.63) is 29.3 Å². The van der Waals surface area contributed by atoms with E-state index in [2.05, 4.69) is 0 Å². The predicted octanol–water partition coefficient (Wildman–Crippen LogP) is 0.966. The minimum Gasteiger partial charge on any atom is -0.496 e. The van der Waals surface area contributed by atoms with Crippen LogP contribution >= 0.6 is 0 Å². The second-order valence-corrected chi connectivity index (χ2v) is 4.24. The maximum Gasteiger partial charge on any atom is 0.324 e. The van der Waals surface area contributed by atoms with Gasteiger partial charge in [-0.05, 0) is 30.0 Å². The normalized spacial score (nSPS) is 23.6. The molecule has 0 aliphatic heterocycles. The van der Waals surface area contributed by atoms with E-state index in [0.717, 1.165) is 16.9 Å². The third kappa shape index (κ3) is 1.65. The third-order valence-corrected chi connectivity index (χ3v) is 3.21. The maximum absolute atomic E-state index is 11.1. The van der Waals surface area contributed by atoms with Crippen LogP contribution in [0.1, 0.15) is 17.5 Å². The zero-order valence-corrected chi connectivity index (χ0v) is 9.19. The Morgan fingerprint density at radius 2 is 2.31 bits per heavy atom. The number of carboxylic acid groups (broad SMARTS) is 1. The Morgan fingerprint density at radius 1 is 1.56 bits per heavy atom. The van der Waals surface area contributed by atoms with Gasteiger partial charge in [-0.25, -0.2) is 0 Å². The van der Waals surface area contributed by atoms with Gasteiger partial charge in [-0.1, -0.05) is 12.1 Å². The van der Waals surface area contributed by atoms with Gasteiger partial charge in [0.1, 0.15) is 11.3 Å². The van der Waals surface area contributed by atoms with Crippen LogP contribution in [0.2, 0.25) is 0 Å². The summed E-state index contributed by atoms with van der Waals surface area (Å²) in [6.07, 6.45) is 1.50. The highest BCUT2D eigenvalue weighted by molar-refractivity contribution is 5.79. The molecule has 4 heteroatoms. The number of aryl methyl sites for hydroxylation is 1. The first kappa shape index (κ1) is 11.0. The van der Waals surface area contributed by atoms with E-state index in [1.54, 1.807) is 7.11 Å². The molecule has 0 aromatic heterocycles. The van der Waals surface area contributed by atoms with E-state index in [-0.39, 0.29) is 0 Å². The Balaban J connectivity index is 2.42. The molecule has 0 spiro atoms. The lowest BCUT2D eigenvalue weighted by atomic mass is 9.78. The Hall–Kier alpha value is -1.55. The molecule has 0 saturated heterocycles. The van der Waals surface area contributed by atoms with Crippen LogP contribution in [0.4, 0.5) is 0 Å². The summed E-state index contributed by atoms with van der Waals surface area (Å²) in [5.41, 5.74) is 6.81. The summed E-state index contributed by atoms with van der Waals surface area (Å²) in [5.74, 6) is -0.211. The smallest absolute Gasteiger partial charge is 0.324 e. The molecular formula is C12H15NO3. The molecular weight excluding hydrogens is 206 g/mol. The van der Waals surface area contributed by atoms with Crippen LogP contribution in [-0.2, 0) is 17.6 Å². The monoisotopic (exact) mass is 221 g/mol. The highest BCUT2D eigenvalue weighted by Gasteiger charge is 2.38. The molecule has 0 radical (unpaired) electrons. The Kier molecular flexibility index (Phi) is 2.59. The molecule has 0 fully saturated rings. The summed E-state index contributed by atoms with van der Waals surface area (Å²) in [6.45, 7) is 0. The first-order valence-corrected chi connectivity index (χ1v) is 5.24. The number of fused-ring (bicyclic) bond motifs is 1. The SMILES string of the molecule is COc1cccc2c1CC(N)(C(=O)O)CC2. The number of ether oxygens (including phenoxy) is 1. The summed E-state index contributed by atoms with van der Waals surface area (Å²) >= 11 is 0. The van der Waals surface area contributed by atoms with Gasteiger partial charge in [0, 0.05) is 6.42 Å². The molecule has 0 heterocycles. The molecule has 4 nitrogen and oxygen atoms in total. The van der Waals surface area contributed by atoms with E-state index in [1.165, 1.54) is 0 Å². The zero-order valence-electron chi connectivity index (χ0n) is 9.19. The van der Waals surface area contributed by atoms with Crippen molar-refractivity contribution in [1.82, 2.24) is 0 Å². The van der Waals surface area contributed by atoms with E-state index in [1.807, 2.05) is 18.2 Å². The van der Waals surface area contributed by atoms with Gasteiger partial charge in [-0.2, -0.15) is 0 Å². The molecule has 16 heavy (non-hydrogen) atoms. The Labute approximate surface area is 94.0 Å². The van der Waals surface area contributed by atoms with Crippen molar-refractivity contribution in [1.29, 1.82) is 0 Å². The average Bonchev–Trinajstić information content (AvgIpc) is 2.28. The Morgan fingerprint density at radius 3 is 2.94 bits per heavy atom. The maximum atomic E-state index is 11.1. The standard InChI is InChI=1S/C12H15NO3/c1-16-10-4-2-3-8-5-6-12(13,11(14)15)7-9(8)10/h2-4H,5-7,13H2,1H3,(H,14,15). The fourth-order valence-corrected chi connectivity index (χ4v) is 2.18. The molecule has 1 unspecified atom stereocenters. The first-order valence-electron chi connectivity index (χ1n) is 5.24. The van der Waals surface area contributed by atoms with Crippen molar-refractivity contribution in [2.45, 2.75) is 24.8 Å². The summed E-state index contributed by atoms with van der Waals surface area (Å²) < 4.78 is 5.24. The fraction of sp³-hybridized carbons (Fsp3) is 0.417. The average molecular weight is 221 g/mol. The van der Waals surface area contributed by atoms with Crippen molar-refractivity contribution in [2.75, 3.05) is 7.11 Å². The van der Waals surface area contributed by atoms with Gasteiger partial charge in [0.15, 0.2) is 0 Å². The van der Waals surface area contributed by atoms with Crippen LogP contribution in [0.25, 0.3) is 0 Å². The number of methoxy groups -OCH3 is 1. The van der Waals surface area contributed by atoms with Crippen LogP contribution in [0.5, 0.6) is 5.75 Å². The van der Waals surface area contributed by atoms with Gasteiger partial charge in [-0.15, -0.1) is 0 Å². The van der Waals surface area contributed by atoms with Gasteiger partial charge in [0.2, 0.25) is 0 Å². The number of carbonyl (C=O) groups is 1. The first-order chi connectivity index (χ1) is 7.57. The van der Waals surface area contributed by atoms with E-state index < -0.39 is 11.5 Å².